The van der Waals surface area contributed by atoms with Crippen molar-refractivity contribution < 1.29 is 14.3 Å². The summed E-state index contributed by atoms with van der Waals surface area (Å²) >= 11 is 0. The molecule has 0 aromatic carbocycles. The van der Waals surface area contributed by atoms with Crippen molar-refractivity contribution in [2.45, 2.75) is 31.8 Å². The Morgan fingerprint density at radius 1 is 1.35 bits per heavy atom. The van der Waals surface area contributed by atoms with Crippen LogP contribution < -0.4 is 22.5 Å². The van der Waals surface area contributed by atoms with E-state index in [1.165, 1.54) is 6.92 Å². The Hall–Kier alpha value is -1.67. The summed E-state index contributed by atoms with van der Waals surface area (Å²) in [6, 6.07) is -1.74. The van der Waals surface area contributed by atoms with Gasteiger partial charge in [-0.25, -0.2) is 9.59 Å². The molecule has 0 fully saturated rings. The molecule has 0 aromatic heterocycles. The van der Waals surface area contributed by atoms with Crippen LogP contribution in [0.3, 0.4) is 0 Å². The van der Waals surface area contributed by atoms with E-state index < -0.39 is 24.0 Å². The van der Waals surface area contributed by atoms with Crippen LogP contribution in [-0.2, 0) is 14.3 Å². The average molecular weight is 245 g/mol. The second-order valence-electron chi connectivity index (χ2n) is 3.62. The van der Waals surface area contributed by atoms with Crippen LogP contribution in [0.2, 0.25) is 0 Å². The standard InChI is InChI=1S/C9H19N5O3/c1-5(10)7(15)17-8(16)6(11)3-2-4-14-9(12)13/h5-6H,2-4,10-11H2,1H3,(H4,12,13,14)/t5-,6-/m0/s1. The molecule has 0 heterocycles. The van der Waals surface area contributed by atoms with Crippen molar-refractivity contribution in [3.8, 4) is 0 Å². The van der Waals surface area contributed by atoms with E-state index in [4.69, 9.17) is 22.6 Å². The second kappa shape index (κ2) is 7.58. The molecule has 0 saturated carbocycles. The maximum atomic E-state index is 11.3. The van der Waals surface area contributed by atoms with Gasteiger partial charge in [-0.1, -0.05) is 0 Å². The summed E-state index contributed by atoms with van der Waals surface area (Å²) < 4.78 is 4.44. The number of hydrogen-bond donors (Lipinski definition) is 5. The van der Waals surface area contributed by atoms with Gasteiger partial charge in [-0.05, 0) is 19.8 Å². The Bertz CT molecular complexity index is 292. The predicted octanol–water partition coefficient (Wildman–Crippen LogP) is -2.01. The summed E-state index contributed by atoms with van der Waals surface area (Å²) in [4.78, 5) is 22.3. The van der Waals surface area contributed by atoms with Crippen LogP contribution in [0, 0.1) is 5.41 Å². The van der Waals surface area contributed by atoms with Crippen molar-refractivity contribution in [2.75, 3.05) is 6.54 Å². The number of nitrogens with two attached hydrogens (primary N) is 3. The summed E-state index contributed by atoms with van der Waals surface area (Å²) in [7, 11) is 0. The minimum absolute atomic E-state index is 0.145. The molecular weight excluding hydrogens is 226 g/mol. The van der Waals surface area contributed by atoms with Crippen LogP contribution in [0.15, 0.2) is 0 Å². The van der Waals surface area contributed by atoms with Crippen molar-refractivity contribution in [1.82, 2.24) is 5.32 Å². The molecule has 0 aromatic rings. The molecule has 0 aliphatic carbocycles. The summed E-state index contributed by atoms with van der Waals surface area (Å²) in [5.74, 6) is -1.74. The van der Waals surface area contributed by atoms with E-state index in [0.29, 0.717) is 19.4 Å². The highest BCUT2D eigenvalue weighted by atomic mass is 16.6. The number of hydrogen-bond acceptors (Lipinski definition) is 6. The van der Waals surface area contributed by atoms with Gasteiger partial charge in [0.05, 0.1) is 0 Å². The van der Waals surface area contributed by atoms with Crippen molar-refractivity contribution >= 4 is 17.9 Å². The van der Waals surface area contributed by atoms with Gasteiger partial charge in [-0.15, -0.1) is 0 Å². The Balaban J connectivity index is 3.82. The summed E-state index contributed by atoms with van der Waals surface area (Å²) in [5, 5.41) is 9.45. The molecule has 8 N–H and O–H groups in total. The minimum Gasteiger partial charge on any atom is -0.391 e. The maximum absolute atomic E-state index is 11.3. The Morgan fingerprint density at radius 2 is 1.94 bits per heavy atom. The molecular formula is C9H19N5O3. The molecule has 0 amide bonds. The number of guanidine groups is 1. The van der Waals surface area contributed by atoms with Crippen molar-refractivity contribution in [3.05, 3.63) is 0 Å². The Labute approximate surface area is 99.4 Å². The number of rotatable bonds is 6. The lowest BCUT2D eigenvalue weighted by atomic mass is 10.2. The molecule has 2 atom stereocenters. The molecule has 0 spiro atoms. The topological polar surface area (TPSA) is 157 Å². The van der Waals surface area contributed by atoms with Gasteiger partial charge in [0.1, 0.15) is 12.1 Å². The van der Waals surface area contributed by atoms with Gasteiger partial charge in [-0.3, -0.25) is 5.41 Å². The van der Waals surface area contributed by atoms with E-state index in [1.54, 1.807) is 0 Å². The smallest absolute Gasteiger partial charge is 0.330 e. The highest BCUT2D eigenvalue weighted by Gasteiger charge is 2.20. The number of esters is 2. The molecule has 0 bridgehead atoms. The Morgan fingerprint density at radius 3 is 2.41 bits per heavy atom. The first-order chi connectivity index (χ1) is 7.84. The van der Waals surface area contributed by atoms with Crippen LogP contribution in [-0.4, -0.2) is 36.5 Å². The SMILES string of the molecule is C[C@H](N)C(=O)OC(=O)[C@@H](N)CCCNC(=N)N. The molecule has 0 saturated heterocycles. The van der Waals surface area contributed by atoms with Gasteiger partial charge in [-0.2, -0.15) is 0 Å². The van der Waals surface area contributed by atoms with Gasteiger partial charge in [0.15, 0.2) is 5.96 Å². The summed E-state index contributed by atoms with van der Waals surface area (Å²) in [6.07, 6.45) is 0.855. The average Bonchev–Trinajstić information content (AvgIpc) is 2.23. The van der Waals surface area contributed by atoms with E-state index in [9.17, 15) is 9.59 Å². The first-order valence-electron chi connectivity index (χ1n) is 5.19. The fraction of sp³-hybridized carbons (Fsp3) is 0.667. The summed E-state index contributed by atoms with van der Waals surface area (Å²) in [5.41, 5.74) is 15.8. The summed E-state index contributed by atoms with van der Waals surface area (Å²) in [6.45, 7) is 1.84. The lowest BCUT2D eigenvalue weighted by Crippen LogP contribution is -2.39. The largest absolute Gasteiger partial charge is 0.391 e. The van der Waals surface area contributed by atoms with Crippen LogP contribution in [0.1, 0.15) is 19.8 Å². The maximum Gasteiger partial charge on any atom is 0.330 e. The molecule has 0 radical (unpaired) electrons. The van der Waals surface area contributed by atoms with Crippen molar-refractivity contribution in [1.29, 1.82) is 5.41 Å². The first kappa shape index (κ1) is 15.3. The zero-order chi connectivity index (χ0) is 13.4. The quantitative estimate of drug-likeness (QED) is 0.119. The van der Waals surface area contributed by atoms with Crippen LogP contribution in [0.25, 0.3) is 0 Å². The second-order valence-corrected chi connectivity index (χ2v) is 3.62. The molecule has 17 heavy (non-hydrogen) atoms. The number of nitrogens with one attached hydrogen (secondary N) is 2. The zero-order valence-corrected chi connectivity index (χ0v) is 9.73. The Kier molecular flexibility index (Phi) is 6.83. The highest BCUT2D eigenvalue weighted by molar-refractivity contribution is 5.90. The fourth-order valence-corrected chi connectivity index (χ4v) is 0.931. The molecule has 0 aliphatic rings. The van der Waals surface area contributed by atoms with E-state index in [0.717, 1.165) is 0 Å². The molecule has 0 rings (SSSR count). The van der Waals surface area contributed by atoms with Gasteiger partial charge >= 0.3 is 11.9 Å². The lowest BCUT2D eigenvalue weighted by molar-refractivity contribution is -0.161. The van der Waals surface area contributed by atoms with Crippen LogP contribution >= 0.6 is 0 Å². The van der Waals surface area contributed by atoms with Gasteiger partial charge in [0.25, 0.3) is 0 Å². The first-order valence-corrected chi connectivity index (χ1v) is 5.19. The molecule has 0 unspecified atom stereocenters. The third-order valence-electron chi connectivity index (χ3n) is 1.88. The molecule has 8 heteroatoms. The third kappa shape index (κ3) is 7.25. The van der Waals surface area contributed by atoms with Crippen molar-refractivity contribution in [3.63, 3.8) is 0 Å². The van der Waals surface area contributed by atoms with E-state index in [2.05, 4.69) is 10.1 Å². The zero-order valence-electron chi connectivity index (χ0n) is 9.73. The van der Waals surface area contributed by atoms with E-state index in [1.807, 2.05) is 0 Å². The number of ether oxygens (including phenoxy) is 1. The number of carbonyl (C=O) groups excluding carboxylic acids is 2. The van der Waals surface area contributed by atoms with Gasteiger partial charge < -0.3 is 27.3 Å². The predicted molar refractivity (Wildman–Crippen MR) is 61.9 cm³/mol. The normalized spacial score (nSPS) is 13.6. The number of carbonyl (C=O) groups is 2. The van der Waals surface area contributed by atoms with Crippen LogP contribution in [0.4, 0.5) is 0 Å². The van der Waals surface area contributed by atoms with Crippen molar-refractivity contribution in [2.24, 2.45) is 17.2 Å². The minimum atomic E-state index is -0.883. The van der Waals surface area contributed by atoms with E-state index >= 15 is 0 Å². The fourth-order valence-electron chi connectivity index (χ4n) is 0.931. The van der Waals surface area contributed by atoms with Crippen LogP contribution in [0.5, 0.6) is 0 Å². The molecule has 0 aliphatic heterocycles. The molecule has 8 nitrogen and oxygen atoms in total. The lowest BCUT2D eigenvalue weighted by Gasteiger charge is -2.11. The van der Waals surface area contributed by atoms with Gasteiger partial charge in [0, 0.05) is 6.54 Å². The third-order valence-corrected chi connectivity index (χ3v) is 1.88. The monoisotopic (exact) mass is 245 g/mol. The van der Waals surface area contributed by atoms with Gasteiger partial charge in [0.2, 0.25) is 0 Å². The highest BCUT2D eigenvalue weighted by Crippen LogP contribution is 1.97. The van der Waals surface area contributed by atoms with E-state index in [-0.39, 0.29) is 5.96 Å². The molecule has 98 valence electrons.